The van der Waals surface area contributed by atoms with E-state index in [1.807, 2.05) is 0 Å². The Balaban J connectivity index is 3.25. The monoisotopic (exact) mass is 276 g/mol. The number of nitrogens with zero attached hydrogens (tertiary/aromatic N) is 1. The summed E-state index contributed by atoms with van der Waals surface area (Å²) in [5, 5.41) is 0. The van der Waals surface area contributed by atoms with Gasteiger partial charge in [-0.25, -0.2) is 8.42 Å². The maximum Gasteiger partial charge on any atom is 0.573 e. The number of pyridine rings is 1. The van der Waals surface area contributed by atoms with E-state index in [1.54, 1.807) is 0 Å². The summed E-state index contributed by atoms with van der Waals surface area (Å²) in [6.07, 6.45) is -3.64. The van der Waals surface area contributed by atoms with Gasteiger partial charge in [0.15, 0.2) is 5.75 Å². The molecule has 0 radical (unpaired) electrons. The van der Waals surface area contributed by atoms with Crippen LogP contribution < -0.4 is 10.5 Å². The van der Waals surface area contributed by atoms with Gasteiger partial charge in [-0.05, 0) is 0 Å². The van der Waals surface area contributed by atoms with Crippen molar-refractivity contribution in [3.05, 3.63) is 12.4 Å². The lowest BCUT2D eigenvalue weighted by Crippen LogP contribution is -2.18. The van der Waals surface area contributed by atoms with E-state index in [0.29, 0.717) is 6.20 Å². The maximum absolute atomic E-state index is 11.9. The van der Waals surface area contributed by atoms with Gasteiger partial charge in [-0.3, -0.25) is 4.98 Å². The van der Waals surface area contributed by atoms with Crippen molar-refractivity contribution >= 4 is 25.4 Å². The van der Waals surface area contributed by atoms with E-state index in [-0.39, 0.29) is 0 Å². The summed E-state index contributed by atoms with van der Waals surface area (Å²) in [5.74, 6) is -0.922. The van der Waals surface area contributed by atoms with Crippen LogP contribution in [-0.2, 0) is 9.05 Å². The minimum atomic E-state index is -5.00. The van der Waals surface area contributed by atoms with Crippen LogP contribution in [0.5, 0.6) is 5.75 Å². The fourth-order valence-electron chi connectivity index (χ4n) is 0.833. The summed E-state index contributed by atoms with van der Waals surface area (Å²) >= 11 is 0. The minimum absolute atomic E-state index is 0.633. The fraction of sp³-hybridized carbons (Fsp3) is 0.167. The van der Waals surface area contributed by atoms with E-state index in [2.05, 4.69) is 9.72 Å². The Bertz CT molecular complexity index is 502. The second-order valence-corrected chi connectivity index (χ2v) is 5.07. The Morgan fingerprint density at radius 1 is 1.38 bits per heavy atom. The van der Waals surface area contributed by atoms with Crippen molar-refractivity contribution < 1.29 is 26.3 Å². The van der Waals surface area contributed by atoms with Crippen LogP contribution in [0.2, 0.25) is 0 Å². The molecule has 90 valence electrons. The Morgan fingerprint density at radius 2 is 1.94 bits per heavy atom. The summed E-state index contributed by atoms with van der Waals surface area (Å²) in [7, 11) is 0.648. The lowest BCUT2D eigenvalue weighted by molar-refractivity contribution is -0.274. The van der Waals surface area contributed by atoms with Gasteiger partial charge >= 0.3 is 6.36 Å². The van der Waals surface area contributed by atoms with Crippen LogP contribution in [0.4, 0.5) is 18.9 Å². The predicted molar refractivity (Wildman–Crippen MR) is 48.4 cm³/mol. The normalized spacial score (nSPS) is 12.5. The van der Waals surface area contributed by atoms with Crippen LogP contribution in [0.3, 0.4) is 0 Å². The summed E-state index contributed by atoms with van der Waals surface area (Å²) in [6, 6.07) is 0. The van der Waals surface area contributed by atoms with Crippen molar-refractivity contribution in [1.82, 2.24) is 4.98 Å². The number of aromatic nitrogens is 1. The van der Waals surface area contributed by atoms with E-state index in [9.17, 15) is 21.6 Å². The molecule has 0 fully saturated rings. The van der Waals surface area contributed by atoms with E-state index >= 15 is 0 Å². The molecule has 5 nitrogen and oxygen atoms in total. The molecular formula is C6H4ClF3N2O3S. The molecule has 1 heterocycles. The first-order chi connectivity index (χ1) is 7.11. The van der Waals surface area contributed by atoms with Gasteiger partial charge in [-0.1, -0.05) is 0 Å². The van der Waals surface area contributed by atoms with Crippen molar-refractivity contribution in [3.8, 4) is 5.75 Å². The first-order valence-corrected chi connectivity index (χ1v) is 5.86. The van der Waals surface area contributed by atoms with Crippen LogP contribution in [0.1, 0.15) is 0 Å². The Morgan fingerprint density at radius 3 is 2.38 bits per heavy atom. The highest BCUT2D eigenvalue weighted by atomic mass is 35.7. The van der Waals surface area contributed by atoms with E-state index in [1.165, 1.54) is 0 Å². The minimum Gasteiger partial charge on any atom is -0.402 e. The van der Waals surface area contributed by atoms with Gasteiger partial charge in [0.1, 0.15) is 4.90 Å². The lowest BCUT2D eigenvalue weighted by Gasteiger charge is -2.11. The van der Waals surface area contributed by atoms with Crippen LogP contribution in [0, 0.1) is 0 Å². The molecule has 1 aromatic heterocycles. The highest BCUT2D eigenvalue weighted by Gasteiger charge is 2.33. The number of nitrogens with two attached hydrogens (primary N) is 1. The maximum atomic E-state index is 11.9. The molecular weight excluding hydrogens is 273 g/mol. The molecule has 0 aliphatic rings. The largest absolute Gasteiger partial charge is 0.573 e. The van der Waals surface area contributed by atoms with Crippen molar-refractivity contribution in [2.75, 3.05) is 5.73 Å². The molecule has 0 saturated carbocycles. The number of nitrogen functional groups attached to an aromatic ring is 1. The van der Waals surface area contributed by atoms with E-state index in [4.69, 9.17) is 16.4 Å². The summed E-state index contributed by atoms with van der Waals surface area (Å²) in [4.78, 5) is 2.49. The van der Waals surface area contributed by atoms with Gasteiger partial charge < -0.3 is 10.5 Å². The highest BCUT2D eigenvalue weighted by Crippen LogP contribution is 2.32. The number of ether oxygens (including phenoxy) is 1. The van der Waals surface area contributed by atoms with E-state index < -0.39 is 31.7 Å². The number of anilines is 1. The first kappa shape index (κ1) is 12.8. The van der Waals surface area contributed by atoms with Crippen molar-refractivity contribution in [2.45, 2.75) is 11.3 Å². The predicted octanol–water partition coefficient (Wildman–Crippen LogP) is 1.49. The molecule has 0 aliphatic carbocycles. The number of alkyl halides is 3. The van der Waals surface area contributed by atoms with Crippen molar-refractivity contribution in [3.63, 3.8) is 0 Å². The molecule has 10 heteroatoms. The third kappa shape index (κ3) is 3.14. The third-order valence-corrected chi connectivity index (χ3v) is 2.75. The zero-order chi connectivity index (χ0) is 12.6. The molecule has 1 rings (SSSR count). The summed E-state index contributed by atoms with van der Waals surface area (Å²) in [5.41, 5.74) is 4.40. The zero-order valence-electron chi connectivity index (χ0n) is 7.32. The van der Waals surface area contributed by atoms with E-state index in [0.717, 1.165) is 6.20 Å². The Hall–Kier alpha value is -1.22. The quantitative estimate of drug-likeness (QED) is 0.828. The van der Waals surface area contributed by atoms with Crippen LogP contribution in [0.25, 0.3) is 0 Å². The molecule has 0 spiro atoms. The van der Waals surface area contributed by atoms with Crippen LogP contribution in [-0.4, -0.2) is 19.8 Å². The van der Waals surface area contributed by atoms with Gasteiger partial charge in [0.25, 0.3) is 9.05 Å². The first-order valence-electron chi connectivity index (χ1n) is 3.55. The lowest BCUT2D eigenvalue weighted by atomic mass is 10.4. The standard InChI is InChI=1S/C6H4ClF3N2O3S/c7-16(13,14)4-2-12-1-3(5(4)11)15-6(8,9)10/h1-2H,(H2,11,12). The molecule has 16 heavy (non-hydrogen) atoms. The topological polar surface area (TPSA) is 82.3 Å². The van der Waals surface area contributed by atoms with Gasteiger partial charge in [0.05, 0.1) is 11.9 Å². The zero-order valence-corrected chi connectivity index (χ0v) is 8.90. The highest BCUT2D eigenvalue weighted by molar-refractivity contribution is 8.13. The fourth-order valence-corrected chi connectivity index (χ4v) is 1.75. The molecule has 0 unspecified atom stereocenters. The SMILES string of the molecule is Nc1c(OC(F)(F)F)cncc1S(=O)(=O)Cl. The van der Waals surface area contributed by atoms with Crippen LogP contribution in [0.15, 0.2) is 17.3 Å². The molecule has 0 bridgehead atoms. The second kappa shape index (κ2) is 3.98. The number of hydrogen-bond donors (Lipinski definition) is 1. The van der Waals surface area contributed by atoms with Gasteiger partial charge in [0.2, 0.25) is 0 Å². The summed E-state index contributed by atoms with van der Waals surface area (Å²) < 4.78 is 60.8. The number of rotatable bonds is 2. The molecule has 0 saturated heterocycles. The third-order valence-electron chi connectivity index (χ3n) is 1.40. The molecule has 0 aliphatic heterocycles. The number of halogens is 4. The van der Waals surface area contributed by atoms with Crippen molar-refractivity contribution in [2.24, 2.45) is 0 Å². The van der Waals surface area contributed by atoms with Crippen molar-refractivity contribution in [1.29, 1.82) is 0 Å². The molecule has 0 atom stereocenters. The van der Waals surface area contributed by atoms with Gasteiger partial charge in [0, 0.05) is 16.9 Å². The van der Waals surface area contributed by atoms with Crippen LogP contribution >= 0.6 is 10.7 Å². The summed E-state index contributed by atoms with van der Waals surface area (Å²) in [6.45, 7) is 0. The Labute approximate surface area is 92.4 Å². The molecule has 1 aromatic rings. The molecule has 2 N–H and O–H groups in total. The molecule has 0 aromatic carbocycles. The van der Waals surface area contributed by atoms with Gasteiger partial charge in [-0.15, -0.1) is 13.2 Å². The average Bonchev–Trinajstić information content (AvgIpc) is 2.04. The van der Waals surface area contributed by atoms with Gasteiger partial charge in [-0.2, -0.15) is 0 Å². The Kier molecular flexibility index (Phi) is 3.20. The number of hydrogen-bond acceptors (Lipinski definition) is 5. The smallest absolute Gasteiger partial charge is 0.402 e. The second-order valence-electron chi connectivity index (χ2n) is 2.54. The average molecular weight is 277 g/mol. The molecule has 0 amide bonds.